The van der Waals surface area contributed by atoms with Gasteiger partial charge in [0.15, 0.2) is 0 Å². The third-order valence-electron chi connectivity index (χ3n) is 2.90. The molecule has 0 bridgehead atoms. The van der Waals surface area contributed by atoms with Gasteiger partial charge < -0.3 is 5.73 Å². The van der Waals surface area contributed by atoms with Crippen molar-refractivity contribution in [3.05, 3.63) is 64.4 Å². The van der Waals surface area contributed by atoms with Crippen LogP contribution in [0, 0.1) is 5.82 Å². The molecule has 4 heteroatoms. The molecule has 0 spiro atoms. The number of benzene rings is 2. The number of anilines is 1. The zero-order valence-electron chi connectivity index (χ0n) is 10.7. The highest BCUT2D eigenvalue weighted by atomic mass is 35.5. The number of nitrogens with zero attached hydrogens (tertiary/aromatic N) is 1. The Hall–Kier alpha value is -1.58. The van der Waals surface area contributed by atoms with Crippen LogP contribution < -0.4 is 5.73 Å². The highest BCUT2D eigenvalue weighted by Gasteiger charge is 2.08. The molecule has 2 aromatic rings. The molecule has 100 valence electrons. The van der Waals surface area contributed by atoms with Crippen molar-refractivity contribution in [2.45, 2.75) is 13.1 Å². The van der Waals surface area contributed by atoms with Crippen molar-refractivity contribution >= 4 is 17.3 Å². The van der Waals surface area contributed by atoms with E-state index in [0.717, 1.165) is 23.4 Å². The van der Waals surface area contributed by atoms with Gasteiger partial charge in [-0.25, -0.2) is 4.39 Å². The van der Waals surface area contributed by atoms with Crippen molar-refractivity contribution in [3.8, 4) is 0 Å². The zero-order chi connectivity index (χ0) is 13.8. The second kappa shape index (κ2) is 6.04. The van der Waals surface area contributed by atoms with Crippen molar-refractivity contribution in [2.75, 3.05) is 12.8 Å². The van der Waals surface area contributed by atoms with Crippen LogP contribution in [0.25, 0.3) is 0 Å². The van der Waals surface area contributed by atoms with Gasteiger partial charge in [-0.05, 0) is 36.4 Å². The van der Waals surface area contributed by atoms with Crippen molar-refractivity contribution in [2.24, 2.45) is 0 Å². The SMILES string of the molecule is CN(Cc1ccc(N)cc1)Cc1cccc(F)c1Cl. The molecular formula is C15H16ClFN2. The van der Waals surface area contributed by atoms with Gasteiger partial charge >= 0.3 is 0 Å². The fourth-order valence-corrected chi connectivity index (χ4v) is 2.14. The van der Waals surface area contributed by atoms with Gasteiger partial charge in [-0.3, -0.25) is 4.90 Å². The maximum absolute atomic E-state index is 13.3. The smallest absolute Gasteiger partial charge is 0.142 e. The Morgan fingerprint density at radius 2 is 1.79 bits per heavy atom. The zero-order valence-corrected chi connectivity index (χ0v) is 11.5. The number of hydrogen-bond acceptors (Lipinski definition) is 2. The monoisotopic (exact) mass is 278 g/mol. The first-order valence-electron chi connectivity index (χ1n) is 6.02. The van der Waals surface area contributed by atoms with Gasteiger partial charge in [0, 0.05) is 18.8 Å². The molecule has 2 rings (SSSR count). The third-order valence-corrected chi connectivity index (χ3v) is 3.33. The molecule has 0 unspecified atom stereocenters. The van der Waals surface area contributed by atoms with Crippen LogP contribution in [-0.2, 0) is 13.1 Å². The molecular weight excluding hydrogens is 263 g/mol. The normalized spacial score (nSPS) is 10.9. The van der Waals surface area contributed by atoms with Crippen LogP contribution in [0.2, 0.25) is 5.02 Å². The van der Waals surface area contributed by atoms with Gasteiger partial charge in [-0.1, -0.05) is 35.9 Å². The molecule has 2 nitrogen and oxygen atoms in total. The molecule has 0 saturated carbocycles. The summed E-state index contributed by atoms with van der Waals surface area (Å²) in [6.45, 7) is 1.36. The minimum Gasteiger partial charge on any atom is -0.399 e. The lowest BCUT2D eigenvalue weighted by atomic mass is 10.1. The first kappa shape index (κ1) is 13.8. The van der Waals surface area contributed by atoms with Crippen LogP contribution in [0.3, 0.4) is 0 Å². The number of nitrogen functional groups attached to an aromatic ring is 1. The molecule has 0 aliphatic heterocycles. The Labute approximate surface area is 117 Å². The Balaban J connectivity index is 2.03. The molecule has 2 N–H and O–H groups in total. The van der Waals surface area contributed by atoms with E-state index >= 15 is 0 Å². The quantitative estimate of drug-likeness (QED) is 0.864. The molecule has 0 heterocycles. The average molecular weight is 279 g/mol. The molecule has 0 saturated heterocycles. The van der Waals surface area contributed by atoms with E-state index in [1.54, 1.807) is 6.07 Å². The standard InChI is InChI=1S/C15H16ClFN2/c1-19(9-11-5-7-13(18)8-6-11)10-12-3-2-4-14(17)15(12)16/h2-8H,9-10,18H2,1H3. The third kappa shape index (κ3) is 3.69. The first-order valence-corrected chi connectivity index (χ1v) is 6.40. The van der Waals surface area contributed by atoms with Crippen LogP contribution in [0.5, 0.6) is 0 Å². The lowest BCUT2D eigenvalue weighted by molar-refractivity contribution is 0.318. The molecule has 0 aliphatic carbocycles. The van der Waals surface area contributed by atoms with E-state index in [0.29, 0.717) is 6.54 Å². The average Bonchev–Trinajstić information content (AvgIpc) is 2.38. The van der Waals surface area contributed by atoms with Crippen LogP contribution in [0.1, 0.15) is 11.1 Å². The predicted molar refractivity (Wildman–Crippen MR) is 77.4 cm³/mol. The van der Waals surface area contributed by atoms with Gasteiger partial charge in [-0.15, -0.1) is 0 Å². The predicted octanol–water partition coefficient (Wildman–Crippen LogP) is 3.69. The summed E-state index contributed by atoms with van der Waals surface area (Å²) in [7, 11) is 1.97. The topological polar surface area (TPSA) is 29.3 Å². The molecule has 0 fully saturated rings. The molecule has 0 atom stereocenters. The summed E-state index contributed by atoms with van der Waals surface area (Å²) in [5.74, 6) is -0.375. The van der Waals surface area contributed by atoms with E-state index in [2.05, 4.69) is 4.90 Å². The maximum atomic E-state index is 13.3. The van der Waals surface area contributed by atoms with Gasteiger partial charge in [0.25, 0.3) is 0 Å². The van der Waals surface area contributed by atoms with Crippen molar-refractivity contribution in [1.82, 2.24) is 4.90 Å². The summed E-state index contributed by atoms with van der Waals surface area (Å²) in [6, 6.07) is 12.6. The molecule has 2 aromatic carbocycles. The van der Waals surface area contributed by atoms with E-state index in [1.165, 1.54) is 6.07 Å². The van der Waals surface area contributed by atoms with Gasteiger partial charge in [0.2, 0.25) is 0 Å². The number of rotatable bonds is 4. The Bertz CT molecular complexity index is 555. The Morgan fingerprint density at radius 1 is 1.11 bits per heavy atom. The van der Waals surface area contributed by atoms with Crippen LogP contribution in [0.15, 0.2) is 42.5 Å². The van der Waals surface area contributed by atoms with Crippen LogP contribution in [0.4, 0.5) is 10.1 Å². The van der Waals surface area contributed by atoms with Crippen molar-refractivity contribution in [3.63, 3.8) is 0 Å². The minimum absolute atomic E-state index is 0.201. The molecule has 0 amide bonds. The van der Waals surface area contributed by atoms with Gasteiger partial charge in [0.05, 0.1) is 5.02 Å². The summed E-state index contributed by atoms with van der Waals surface area (Å²) in [5.41, 5.74) is 8.34. The highest BCUT2D eigenvalue weighted by Crippen LogP contribution is 2.21. The molecule has 0 aliphatic rings. The van der Waals surface area contributed by atoms with Crippen molar-refractivity contribution in [1.29, 1.82) is 0 Å². The maximum Gasteiger partial charge on any atom is 0.142 e. The summed E-state index contributed by atoms with van der Waals surface area (Å²) in [5, 5.41) is 0.201. The number of halogens is 2. The fraction of sp³-hybridized carbons (Fsp3) is 0.200. The van der Waals surface area contributed by atoms with Gasteiger partial charge in [0.1, 0.15) is 5.82 Å². The second-order valence-corrected chi connectivity index (χ2v) is 5.00. The highest BCUT2D eigenvalue weighted by molar-refractivity contribution is 6.31. The molecule has 19 heavy (non-hydrogen) atoms. The van der Waals surface area contributed by atoms with E-state index in [9.17, 15) is 4.39 Å². The largest absolute Gasteiger partial charge is 0.399 e. The lowest BCUT2D eigenvalue weighted by Crippen LogP contribution is -2.17. The van der Waals surface area contributed by atoms with E-state index in [1.807, 2.05) is 37.4 Å². The number of nitrogens with two attached hydrogens (primary N) is 1. The van der Waals surface area contributed by atoms with Crippen LogP contribution >= 0.6 is 11.6 Å². The lowest BCUT2D eigenvalue weighted by Gasteiger charge is -2.17. The molecule has 0 radical (unpaired) electrons. The van der Waals surface area contributed by atoms with E-state index in [4.69, 9.17) is 17.3 Å². The first-order chi connectivity index (χ1) is 9.06. The Morgan fingerprint density at radius 3 is 2.47 bits per heavy atom. The summed E-state index contributed by atoms with van der Waals surface area (Å²) < 4.78 is 13.3. The fourth-order valence-electron chi connectivity index (χ4n) is 1.95. The minimum atomic E-state index is -0.375. The van der Waals surface area contributed by atoms with Crippen LogP contribution in [-0.4, -0.2) is 11.9 Å². The van der Waals surface area contributed by atoms with Crippen molar-refractivity contribution < 1.29 is 4.39 Å². The summed E-state index contributed by atoms with van der Waals surface area (Å²) in [6.07, 6.45) is 0. The Kier molecular flexibility index (Phi) is 4.40. The van der Waals surface area contributed by atoms with Gasteiger partial charge in [-0.2, -0.15) is 0 Å². The molecule has 0 aromatic heterocycles. The summed E-state index contributed by atoms with van der Waals surface area (Å²) >= 11 is 5.94. The summed E-state index contributed by atoms with van der Waals surface area (Å²) in [4.78, 5) is 2.08. The number of hydrogen-bond donors (Lipinski definition) is 1. The van der Waals surface area contributed by atoms with E-state index < -0.39 is 0 Å². The second-order valence-electron chi connectivity index (χ2n) is 4.63. The van der Waals surface area contributed by atoms with E-state index in [-0.39, 0.29) is 10.8 Å².